The Kier molecular flexibility index (Phi) is 2.66. The Balaban J connectivity index is 2.16. The quantitative estimate of drug-likeness (QED) is 0.709. The molecule has 1 aliphatic rings. The number of nitrogens with zero attached hydrogens (tertiary/aromatic N) is 1. The van der Waals surface area contributed by atoms with Crippen LogP contribution in [-0.2, 0) is 4.79 Å². The van der Waals surface area contributed by atoms with Crippen molar-refractivity contribution in [2.24, 2.45) is 0 Å². The zero-order valence-electron chi connectivity index (χ0n) is 8.17. The number of Topliss-reactive ketones (excluding diaryl/α,β-unsaturated/α-hetero) is 1. The first-order valence-electron chi connectivity index (χ1n) is 4.88. The van der Waals surface area contributed by atoms with Gasteiger partial charge >= 0.3 is 0 Å². The van der Waals surface area contributed by atoms with Crippen LogP contribution >= 0.6 is 0 Å². The van der Waals surface area contributed by atoms with Crippen molar-refractivity contribution in [1.29, 1.82) is 0 Å². The van der Waals surface area contributed by atoms with E-state index in [9.17, 15) is 13.6 Å². The lowest BCUT2D eigenvalue weighted by atomic mass is 10.1. The van der Waals surface area contributed by atoms with E-state index < -0.39 is 11.6 Å². The largest absolute Gasteiger partial charge is 0.371 e. The number of hydrogen-bond donors (Lipinski definition) is 0. The highest BCUT2D eigenvalue weighted by molar-refractivity contribution is 5.81. The van der Waals surface area contributed by atoms with Gasteiger partial charge in [0.05, 0.1) is 0 Å². The van der Waals surface area contributed by atoms with Gasteiger partial charge < -0.3 is 4.90 Å². The number of hydrogen-bond acceptors (Lipinski definition) is 2. The molecule has 0 spiro atoms. The van der Waals surface area contributed by atoms with E-state index in [0.29, 0.717) is 31.6 Å². The molecule has 0 aromatic heterocycles. The minimum absolute atomic E-state index is 0.230. The fourth-order valence-electron chi connectivity index (χ4n) is 1.70. The van der Waals surface area contributed by atoms with Crippen LogP contribution in [0.1, 0.15) is 12.8 Å². The number of halogens is 2. The van der Waals surface area contributed by atoms with E-state index in [4.69, 9.17) is 0 Å². The van der Waals surface area contributed by atoms with Gasteiger partial charge in [-0.1, -0.05) is 0 Å². The molecule has 2 nitrogen and oxygen atoms in total. The Morgan fingerprint density at radius 2 is 1.73 bits per heavy atom. The first kappa shape index (κ1) is 10.1. The minimum atomic E-state index is -0.843. The summed E-state index contributed by atoms with van der Waals surface area (Å²) >= 11 is 0. The van der Waals surface area contributed by atoms with Crippen molar-refractivity contribution in [1.82, 2.24) is 0 Å². The molecule has 0 radical (unpaired) electrons. The summed E-state index contributed by atoms with van der Waals surface area (Å²) in [7, 11) is 0. The molecule has 1 heterocycles. The molecule has 0 atom stereocenters. The van der Waals surface area contributed by atoms with Crippen molar-refractivity contribution in [3.63, 3.8) is 0 Å². The first-order valence-corrected chi connectivity index (χ1v) is 4.88. The van der Waals surface area contributed by atoms with E-state index in [0.717, 1.165) is 6.07 Å². The zero-order valence-corrected chi connectivity index (χ0v) is 8.17. The molecule has 0 aliphatic carbocycles. The smallest absolute Gasteiger partial charge is 0.160 e. The van der Waals surface area contributed by atoms with Gasteiger partial charge in [-0.05, 0) is 12.1 Å². The monoisotopic (exact) mass is 211 g/mol. The molecule has 15 heavy (non-hydrogen) atoms. The minimum Gasteiger partial charge on any atom is -0.371 e. The first-order chi connectivity index (χ1) is 7.16. The Morgan fingerprint density at radius 3 is 2.33 bits per heavy atom. The Hall–Kier alpha value is -1.45. The van der Waals surface area contributed by atoms with Gasteiger partial charge in [0.15, 0.2) is 11.6 Å². The molecule has 0 N–H and O–H groups in total. The lowest BCUT2D eigenvalue weighted by Crippen LogP contribution is -2.33. The summed E-state index contributed by atoms with van der Waals surface area (Å²) in [6.45, 7) is 1.17. The molecule has 0 bridgehead atoms. The normalized spacial score (nSPS) is 16.9. The standard InChI is InChI=1S/C11H11F2NO/c12-10-2-1-8(7-11(10)13)14-5-3-9(15)4-6-14/h1-2,7H,3-6H2. The van der Waals surface area contributed by atoms with Gasteiger partial charge in [-0.3, -0.25) is 4.79 Å². The van der Waals surface area contributed by atoms with Gasteiger partial charge in [0.2, 0.25) is 0 Å². The van der Waals surface area contributed by atoms with E-state index in [-0.39, 0.29) is 5.78 Å². The van der Waals surface area contributed by atoms with E-state index >= 15 is 0 Å². The second-order valence-corrected chi connectivity index (χ2v) is 3.62. The Labute approximate surface area is 86.5 Å². The number of carbonyl (C=O) groups excluding carboxylic acids is 1. The Morgan fingerprint density at radius 1 is 1.07 bits per heavy atom. The molecule has 1 fully saturated rings. The number of piperidine rings is 1. The van der Waals surface area contributed by atoms with E-state index in [1.807, 2.05) is 4.90 Å². The summed E-state index contributed by atoms with van der Waals surface area (Å²) in [6.07, 6.45) is 0.970. The van der Waals surface area contributed by atoms with E-state index in [2.05, 4.69) is 0 Å². The molecule has 2 rings (SSSR count). The molecular weight excluding hydrogens is 200 g/mol. The highest BCUT2D eigenvalue weighted by atomic mass is 19.2. The maximum Gasteiger partial charge on any atom is 0.160 e. The van der Waals surface area contributed by atoms with Gasteiger partial charge in [-0.15, -0.1) is 0 Å². The second kappa shape index (κ2) is 3.96. The maximum atomic E-state index is 12.9. The molecule has 4 heteroatoms. The molecule has 1 saturated heterocycles. The third-order valence-electron chi connectivity index (χ3n) is 2.59. The van der Waals surface area contributed by atoms with Gasteiger partial charge in [-0.25, -0.2) is 8.78 Å². The average Bonchev–Trinajstić information content (AvgIpc) is 2.23. The van der Waals surface area contributed by atoms with Crippen molar-refractivity contribution >= 4 is 11.5 Å². The van der Waals surface area contributed by atoms with Crippen LogP contribution in [0.2, 0.25) is 0 Å². The summed E-state index contributed by atoms with van der Waals surface area (Å²) in [5, 5.41) is 0. The predicted octanol–water partition coefficient (Wildman–Crippen LogP) is 2.13. The van der Waals surface area contributed by atoms with Gasteiger partial charge in [0, 0.05) is 37.7 Å². The Bertz CT molecular complexity index is 382. The number of ketones is 1. The molecule has 1 aromatic carbocycles. The summed E-state index contributed by atoms with van der Waals surface area (Å²) in [5.74, 6) is -1.45. The predicted molar refractivity (Wildman–Crippen MR) is 52.8 cm³/mol. The molecule has 0 amide bonds. The van der Waals surface area contributed by atoms with Crippen molar-refractivity contribution in [3.05, 3.63) is 29.8 Å². The number of rotatable bonds is 1. The third-order valence-corrected chi connectivity index (χ3v) is 2.59. The van der Waals surface area contributed by atoms with Crippen LogP contribution in [0.25, 0.3) is 0 Å². The van der Waals surface area contributed by atoms with Crippen molar-refractivity contribution in [3.8, 4) is 0 Å². The van der Waals surface area contributed by atoms with Crippen LogP contribution in [0, 0.1) is 11.6 Å². The van der Waals surface area contributed by atoms with E-state index in [1.54, 1.807) is 0 Å². The molecule has 1 aromatic rings. The fourth-order valence-corrected chi connectivity index (χ4v) is 1.70. The second-order valence-electron chi connectivity index (χ2n) is 3.62. The van der Waals surface area contributed by atoms with Crippen molar-refractivity contribution in [2.45, 2.75) is 12.8 Å². The summed E-state index contributed by atoms with van der Waals surface area (Å²) < 4.78 is 25.6. The topological polar surface area (TPSA) is 20.3 Å². The van der Waals surface area contributed by atoms with Gasteiger partial charge in [0.1, 0.15) is 5.78 Å². The molecular formula is C11H11F2NO. The zero-order chi connectivity index (χ0) is 10.8. The van der Waals surface area contributed by atoms with Crippen molar-refractivity contribution < 1.29 is 13.6 Å². The maximum absolute atomic E-state index is 12.9. The highest BCUT2D eigenvalue weighted by Crippen LogP contribution is 2.20. The molecule has 1 aliphatic heterocycles. The van der Waals surface area contributed by atoms with Gasteiger partial charge in [-0.2, -0.15) is 0 Å². The highest BCUT2D eigenvalue weighted by Gasteiger charge is 2.17. The third kappa shape index (κ3) is 2.14. The van der Waals surface area contributed by atoms with Crippen LogP contribution in [-0.4, -0.2) is 18.9 Å². The SMILES string of the molecule is O=C1CCN(c2ccc(F)c(F)c2)CC1. The lowest BCUT2D eigenvalue weighted by Gasteiger charge is -2.28. The average molecular weight is 211 g/mol. The van der Waals surface area contributed by atoms with Crippen LogP contribution in [0.5, 0.6) is 0 Å². The summed E-state index contributed by atoms with van der Waals surface area (Å²) in [5.41, 5.74) is 0.640. The summed E-state index contributed by atoms with van der Waals surface area (Å²) in [4.78, 5) is 12.9. The molecule has 0 saturated carbocycles. The molecule has 0 unspecified atom stereocenters. The number of anilines is 1. The van der Waals surface area contributed by atoms with Crippen molar-refractivity contribution in [2.75, 3.05) is 18.0 Å². The van der Waals surface area contributed by atoms with Crippen LogP contribution < -0.4 is 4.90 Å². The van der Waals surface area contributed by atoms with E-state index in [1.165, 1.54) is 12.1 Å². The summed E-state index contributed by atoms with van der Waals surface area (Å²) in [6, 6.07) is 3.82. The number of benzene rings is 1. The fraction of sp³-hybridized carbons (Fsp3) is 0.364. The lowest BCUT2D eigenvalue weighted by molar-refractivity contribution is -0.119. The van der Waals surface area contributed by atoms with Crippen LogP contribution in [0.3, 0.4) is 0 Å². The van der Waals surface area contributed by atoms with Gasteiger partial charge in [0.25, 0.3) is 0 Å². The van der Waals surface area contributed by atoms with Crippen LogP contribution in [0.4, 0.5) is 14.5 Å². The number of carbonyl (C=O) groups is 1. The molecule has 80 valence electrons. The van der Waals surface area contributed by atoms with Crippen LogP contribution in [0.15, 0.2) is 18.2 Å².